The molecule has 1 aromatic rings. The molecule has 1 atom stereocenters. The first-order valence-corrected chi connectivity index (χ1v) is 7.33. The van der Waals surface area contributed by atoms with Gasteiger partial charge in [-0.15, -0.1) is 0 Å². The smallest absolute Gasteiger partial charge is 0.267 e. The lowest BCUT2D eigenvalue weighted by Gasteiger charge is -2.36. The molecule has 0 saturated heterocycles. The van der Waals surface area contributed by atoms with Gasteiger partial charge in [-0.25, -0.2) is 4.18 Å². The van der Waals surface area contributed by atoms with E-state index in [1.807, 2.05) is 24.3 Å². The van der Waals surface area contributed by atoms with Crippen LogP contribution in [0.4, 0.5) is 0 Å². The molecule has 1 aliphatic carbocycles. The summed E-state index contributed by atoms with van der Waals surface area (Å²) >= 11 is 0. The van der Waals surface area contributed by atoms with Crippen LogP contribution in [0, 0.1) is 0 Å². The molecule has 4 nitrogen and oxygen atoms in total. The minimum Gasteiger partial charge on any atom is -0.348 e. The SMILES string of the molecule is COC1(OS(C)(=O)=O)CCCc2ccccc21. The average Bonchev–Trinajstić information content (AvgIpc) is 2.27. The fourth-order valence-corrected chi connectivity index (χ4v) is 3.06. The van der Waals surface area contributed by atoms with E-state index in [4.69, 9.17) is 8.92 Å². The van der Waals surface area contributed by atoms with E-state index >= 15 is 0 Å². The lowest BCUT2D eigenvalue weighted by molar-refractivity contribution is -0.178. The highest BCUT2D eigenvalue weighted by Gasteiger charge is 2.40. The molecule has 0 heterocycles. The minimum absolute atomic E-state index is 0.549. The third-order valence-corrected chi connectivity index (χ3v) is 3.57. The van der Waals surface area contributed by atoms with Crippen LogP contribution in [-0.2, 0) is 31.2 Å². The molecular formula is C12H16O4S. The highest BCUT2D eigenvalue weighted by molar-refractivity contribution is 7.86. The van der Waals surface area contributed by atoms with Gasteiger partial charge in [-0.2, -0.15) is 8.42 Å². The van der Waals surface area contributed by atoms with E-state index in [1.165, 1.54) is 7.11 Å². The van der Waals surface area contributed by atoms with Crippen LogP contribution in [0.2, 0.25) is 0 Å². The Kier molecular flexibility index (Phi) is 3.25. The molecule has 0 amide bonds. The number of fused-ring (bicyclic) bond motifs is 1. The summed E-state index contributed by atoms with van der Waals surface area (Å²) in [6.07, 6.45) is 3.37. The Morgan fingerprint density at radius 3 is 2.65 bits per heavy atom. The molecule has 0 fully saturated rings. The zero-order valence-corrected chi connectivity index (χ0v) is 10.8. The van der Waals surface area contributed by atoms with Crippen molar-refractivity contribution < 1.29 is 17.3 Å². The van der Waals surface area contributed by atoms with Crippen LogP contribution in [0.1, 0.15) is 24.0 Å². The second-order valence-electron chi connectivity index (χ2n) is 4.26. The molecule has 1 aliphatic rings. The Morgan fingerprint density at radius 2 is 2.00 bits per heavy atom. The van der Waals surface area contributed by atoms with Crippen LogP contribution >= 0.6 is 0 Å². The van der Waals surface area contributed by atoms with E-state index in [1.54, 1.807) is 0 Å². The summed E-state index contributed by atoms with van der Waals surface area (Å²) in [6.45, 7) is 0. The Labute approximate surface area is 102 Å². The van der Waals surface area contributed by atoms with Crippen molar-refractivity contribution >= 4 is 10.1 Å². The standard InChI is InChI=1S/C12H16O4S/c1-15-12(16-17(2,13)14)9-5-7-10-6-3-4-8-11(10)12/h3-4,6,8H,5,7,9H2,1-2H3. The zero-order valence-electron chi connectivity index (χ0n) is 9.97. The van der Waals surface area contributed by atoms with Crippen LogP contribution in [0.25, 0.3) is 0 Å². The van der Waals surface area contributed by atoms with Crippen LogP contribution < -0.4 is 0 Å². The zero-order chi connectivity index (χ0) is 12.5. The molecule has 0 spiro atoms. The van der Waals surface area contributed by atoms with E-state index in [0.717, 1.165) is 30.2 Å². The second-order valence-corrected chi connectivity index (χ2v) is 5.83. The van der Waals surface area contributed by atoms with Gasteiger partial charge in [0.1, 0.15) is 0 Å². The fourth-order valence-electron chi connectivity index (χ4n) is 2.33. The maximum atomic E-state index is 11.4. The Balaban J connectivity index is 2.49. The number of aryl methyl sites for hydroxylation is 1. The predicted molar refractivity (Wildman–Crippen MR) is 64.0 cm³/mol. The molecule has 5 heteroatoms. The van der Waals surface area contributed by atoms with Gasteiger partial charge in [0.2, 0.25) is 5.79 Å². The highest BCUT2D eigenvalue weighted by Crippen LogP contribution is 2.39. The normalized spacial score (nSPS) is 24.4. The van der Waals surface area contributed by atoms with Gasteiger partial charge in [0.05, 0.1) is 6.26 Å². The summed E-state index contributed by atoms with van der Waals surface area (Å²) in [5, 5.41) is 0. The Morgan fingerprint density at radius 1 is 1.29 bits per heavy atom. The number of ether oxygens (including phenoxy) is 1. The summed E-state index contributed by atoms with van der Waals surface area (Å²) in [5.41, 5.74) is 1.91. The Bertz CT molecular complexity index is 509. The molecule has 0 bridgehead atoms. The van der Waals surface area contributed by atoms with Crippen molar-refractivity contribution in [2.24, 2.45) is 0 Å². The molecule has 17 heavy (non-hydrogen) atoms. The van der Waals surface area contributed by atoms with E-state index < -0.39 is 15.9 Å². The first kappa shape index (κ1) is 12.5. The van der Waals surface area contributed by atoms with Crippen molar-refractivity contribution in [2.45, 2.75) is 25.0 Å². The van der Waals surface area contributed by atoms with Gasteiger partial charge in [0, 0.05) is 19.1 Å². The summed E-state index contributed by atoms with van der Waals surface area (Å²) < 4.78 is 33.3. The lowest BCUT2D eigenvalue weighted by Crippen LogP contribution is -2.37. The predicted octanol–water partition coefficient (Wildman–Crippen LogP) is 1.80. The van der Waals surface area contributed by atoms with Crippen molar-refractivity contribution in [1.82, 2.24) is 0 Å². The maximum absolute atomic E-state index is 11.4. The summed E-state index contributed by atoms with van der Waals surface area (Å²) in [4.78, 5) is 0. The number of rotatable bonds is 3. The van der Waals surface area contributed by atoms with Crippen LogP contribution in [0.3, 0.4) is 0 Å². The van der Waals surface area contributed by atoms with E-state index in [-0.39, 0.29) is 0 Å². The van der Waals surface area contributed by atoms with Crippen molar-refractivity contribution in [3.05, 3.63) is 35.4 Å². The van der Waals surface area contributed by atoms with E-state index in [0.29, 0.717) is 6.42 Å². The number of hydrogen-bond acceptors (Lipinski definition) is 4. The number of methoxy groups -OCH3 is 1. The summed E-state index contributed by atoms with van der Waals surface area (Å²) in [7, 11) is -2.08. The topological polar surface area (TPSA) is 52.6 Å². The van der Waals surface area contributed by atoms with Gasteiger partial charge in [0.25, 0.3) is 10.1 Å². The first-order valence-electron chi connectivity index (χ1n) is 5.51. The van der Waals surface area contributed by atoms with Crippen LogP contribution in [0.5, 0.6) is 0 Å². The fraction of sp³-hybridized carbons (Fsp3) is 0.500. The van der Waals surface area contributed by atoms with Crippen molar-refractivity contribution in [2.75, 3.05) is 13.4 Å². The molecule has 0 aliphatic heterocycles. The average molecular weight is 256 g/mol. The Hall–Kier alpha value is -0.910. The quantitative estimate of drug-likeness (QED) is 0.611. The second kappa shape index (κ2) is 4.40. The van der Waals surface area contributed by atoms with Gasteiger partial charge < -0.3 is 4.74 Å². The third-order valence-electron chi connectivity index (χ3n) is 3.00. The molecule has 0 radical (unpaired) electrons. The third kappa shape index (κ3) is 2.51. The van der Waals surface area contributed by atoms with Gasteiger partial charge >= 0.3 is 0 Å². The van der Waals surface area contributed by atoms with Crippen molar-refractivity contribution in [3.63, 3.8) is 0 Å². The maximum Gasteiger partial charge on any atom is 0.267 e. The van der Waals surface area contributed by atoms with E-state index in [2.05, 4.69) is 0 Å². The first-order chi connectivity index (χ1) is 7.97. The summed E-state index contributed by atoms with van der Waals surface area (Å²) in [5.74, 6) is -1.15. The van der Waals surface area contributed by atoms with Gasteiger partial charge in [-0.05, 0) is 18.4 Å². The molecular weight excluding hydrogens is 240 g/mol. The molecule has 94 valence electrons. The van der Waals surface area contributed by atoms with Crippen LogP contribution in [0.15, 0.2) is 24.3 Å². The molecule has 2 rings (SSSR count). The van der Waals surface area contributed by atoms with Crippen LogP contribution in [-0.4, -0.2) is 21.8 Å². The monoisotopic (exact) mass is 256 g/mol. The molecule has 0 N–H and O–H groups in total. The number of hydrogen-bond donors (Lipinski definition) is 0. The van der Waals surface area contributed by atoms with Gasteiger partial charge in [0.15, 0.2) is 0 Å². The molecule has 1 unspecified atom stereocenters. The molecule has 0 aromatic heterocycles. The largest absolute Gasteiger partial charge is 0.348 e. The summed E-state index contributed by atoms with van der Waals surface area (Å²) in [6, 6.07) is 7.64. The number of benzene rings is 1. The van der Waals surface area contributed by atoms with Gasteiger partial charge in [-0.3, -0.25) is 0 Å². The minimum atomic E-state index is -3.56. The van der Waals surface area contributed by atoms with Crippen molar-refractivity contribution in [3.8, 4) is 0 Å². The van der Waals surface area contributed by atoms with E-state index in [9.17, 15) is 8.42 Å². The van der Waals surface area contributed by atoms with Crippen molar-refractivity contribution in [1.29, 1.82) is 0 Å². The van der Waals surface area contributed by atoms with Gasteiger partial charge in [-0.1, -0.05) is 24.3 Å². The molecule has 0 saturated carbocycles. The lowest BCUT2D eigenvalue weighted by atomic mass is 9.87. The molecule has 1 aromatic carbocycles. The highest BCUT2D eigenvalue weighted by atomic mass is 32.2.